The van der Waals surface area contributed by atoms with Crippen LogP contribution >= 0.6 is 0 Å². The van der Waals surface area contributed by atoms with Crippen molar-refractivity contribution >= 4 is 17.9 Å². The Bertz CT molecular complexity index is 713. The zero-order valence-electron chi connectivity index (χ0n) is 17.5. The van der Waals surface area contributed by atoms with E-state index in [-0.39, 0.29) is 43.6 Å². The third-order valence-electron chi connectivity index (χ3n) is 6.32. The van der Waals surface area contributed by atoms with E-state index in [0.29, 0.717) is 38.1 Å². The Morgan fingerprint density at radius 3 is 2.42 bits per heavy atom. The number of nitrogens with one attached hydrogen (secondary N) is 3. The second kappa shape index (κ2) is 10.2. The molecule has 3 N–H and O–H groups in total. The molecule has 3 aliphatic rings. The smallest absolute Gasteiger partial charge is 0.407 e. The molecule has 2 saturated carbocycles. The molecular formula is C21H30F2N4O4. The van der Waals surface area contributed by atoms with Gasteiger partial charge in [0.2, 0.25) is 17.7 Å². The summed E-state index contributed by atoms with van der Waals surface area (Å²) in [6, 6.07) is 0.343. The fourth-order valence-corrected chi connectivity index (χ4v) is 4.13. The van der Waals surface area contributed by atoms with Crippen molar-refractivity contribution in [3.63, 3.8) is 0 Å². The molecule has 3 rings (SSSR count). The van der Waals surface area contributed by atoms with Crippen LogP contribution in [0.15, 0.2) is 0 Å². The van der Waals surface area contributed by atoms with Crippen LogP contribution in [0.3, 0.4) is 0 Å². The van der Waals surface area contributed by atoms with E-state index in [1.165, 1.54) is 0 Å². The summed E-state index contributed by atoms with van der Waals surface area (Å²) < 4.78 is 31.7. The van der Waals surface area contributed by atoms with Gasteiger partial charge in [0.15, 0.2) is 0 Å². The Morgan fingerprint density at radius 2 is 1.84 bits per heavy atom. The third kappa shape index (κ3) is 7.33. The van der Waals surface area contributed by atoms with E-state index in [9.17, 15) is 28.4 Å². The first-order valence-corrected chi connectivity index (χ1v) is 11.0. The summed E-state index contributed by atoms with van der Waals surface area (Å²) in [7, 11) is 0. The first kappa shape index (κ1) is 23.2. The number of rotatable bonds is 9. The standard InChI is InChI=1S/C21H30F2N4O4/c22-21(23)6-3-14(4-7-21)12-31-20(30)27-17(9-13-1-2-13)19(29)26-16(11-24)10-15-5-8-25-18(15)28/h13-17H,1-10,12H2,(H,25,28)(H,26,29)(H,27,30)/t15-,16-,17-/m0/s1. The van der Waals surface area contributed by atoms with Gasteiger partial charge in [0.05, 0.1) is 12.7 Å². The van der Waals surface area contributed by atoms with Gasteiger partial charge >= 0.3 is 6.09 Å². The van der Waals surface area contributed by atoms with Gasteiger partial charge < -0.3 is 20.7 Å². The summed E-state index contributed by atoms with van der Waals surface area (Å²) in [5.74, 6) is -3.33. The minimum Gasteiger partial charge on any atom is -0.449 e. The number of amides is 3. The van der Waals surface area contributed by atoms with E-state index in [0.717, 1.165) is 12.8 Å². The van der Waals surface area contributed by atoms with Gasteiger partial charge in [-0.2, -0.15) is 5.26 Å². The molecule has 0 aromatic rings. The van der Waals surface area contributed by atoms with Crippen LogP contribution < -0.4 is 16.0 Å². The maximum Gasteiger partial charge on any atom is 0.407 e. The van der Waals surface area contributed by atoms with E-state index in [1.807, 2.05) is 6.07 Å². The molecule has 1 aliphatic heterocycles. The van der Waals surface area contributed by atoms with Crippen molar-refractivity contribution in [3.8, 4) is 6.07 Å². The molecule has 1 saturated heterocycles. The highest BCUT2D eigenvalue weighted by molar-refractivity contribution is 5.86. The normalized spacial score (nSPS) is 25.1. The van der Waals surface area contributed by atoms with Crippen molar-refractivity contribution in [1.82, 2.24) is 16.0 Å². The highest BCUT2D eigenvalue weighted by Crippen LogP contribution is 2.36. The van der Waals surface area contributed by atoms with Gasteiger partial charge in [-0.3, -0.25) is 9.59 Å². The van der Waals surface area contributed by atoms with Crippen molar-refractivity contribution in [2.45, 2.75) is 75.8 Å². The highest BCUT2D eigenvalue weighted by atomic mass is 19.3. The first-order chi connectivity index (χ1) is 14.8. The lowest BCUT2D eigenvalue weighted by atomic mass is 9.87. The average Bonchev–Trinajstić information content (AvgIpc) is 3.46. The Labute approximate surface area is 180 Å². The number of alkyl carbamates (subject to hydrolysis) is 1. The predicted molar refractivity (Wildman–Crippen MR) is 106 cm³/mol. The van der Waals surface area contributed by atoms with E-state index in [1.54, 1.807) is 0 Å². The van der Waals surface area contributed by atoms with Gasteiger partial charge in [-0.15, -0.1) is 0 Å². The molecule has 0 unspecified atom stereocenters. The van der Waals surface area contributed by atoms with Crippen LogP contribution in [0.25, 0.3) is 0 Å². The molecule has 0 aromatic carbocycles. The van der Waals surface area contributed by atoms with Gasteiger partial charge in [-0.25, -0.2) is 13.6 Å². The molecule has 0 radical (unpaired) electrons. The first-order valence-electron chi connectivity index (χ1n) is 11.0. The molecule has 1 heterocycles. The zero-order chi connectivity index (χ0) is 22.4. The number of hydrogen-bond acceptors (Lipinski definition) is 5. The van der Waals surface area contributed by atoms with E-state index in [4.69, 9.17) is 4.74 Å². The molecule has 31 heavy (non-hydrogen) atoms. The molecule has 172 valence electrons. The Kier molecular flexibility index (Phi) is 7.68. The minimum atomic E-state index is -2.64. The van der Waals surface area contributed by atoms with Crippen molar-refractivity contribution in [2.75, 3.05) is 13.2 Å². The fourth-order valence-electron chi connectivity index (χ4n) is 4.13. The lowest BCUT2D eigenvalue weighted by Gasteiger charge is -2.28. The quantitative estimate of drug-likeness (QED) is 0.508. The summed E-state index contributed by atoms with van der Waals surface area (Å²) in [6.45, 7) is 0.600. The van der Waals surface area contributed by atoms with Gasteiger partial charge in [0, 0.05) is 25.3 Å². The number of carbonyl (C=O) groups is 3. The van der Waals surface area contributed by atoms with Crippen LogP contribution in [0, 0.1) is 29.1 Å². The number of ether oxygens (including phenoxy) is 1. The van der Waals surface area contributed by atoms with Crippen LogP contribution in [0.4, 0.5) is 13.6 Å². The molecule has 3 fully saturated rings. The molecule has 3 atom stereocenters. The molecule has 0 bridgehead atoms. The second-order valence-electron chi connectivity index (χ2n) is 8.98. The molecular weight excluding hydrogens is 410 g/mol. The maximum atomic E-state index is 13.2. The summed E-state index contributed by atoms with van der Waals surface area (Å²) in [6.07, 6.45) is 2.66. The zero-order valence-corrected chi connectivity index (χ0v) is 17.5. The number of carbonyl (C=O) groups excluding carboxylic acids is 3. The van der Waals surface area contributed by atoms with Crippen molar-refractivity contribution < 1.29 is 27.9 Å². The molecule has 3 amide bonds. The Morgan fingerprint density at radius 1 is 1.13 bits per heavy atom. The number of nitriles is 1. The average molecular weight is 440 g/mol. The summed E-state index contributed by atoms with van der Waals surface area (Å²) in [5, 5.41) is 17.3. The summed E-state index contributed by atoms with van der Waals surface area (Å²) in [4.78, 5) is 36.7. The highest BCUT2D eigenvalue weighted by Gasteiger charge is 2.36. The number of hydrogen-bond donors (Lipinski definition) is 3. The fraction of sp³-hybridized carbons (Fsp3) is 0.810. The van der Waals surface area contributed by atoms with Crippen molar-refractivity contribution in [2.24, 2.45) is 17.8 Å². The number of alkyl halides is 2. The molecule has 8 nitrogen and oxygen atoms in total. The molecule has 2 aliphatic carbocycles. The van der Waals surface area contributed by atoms with Crippen LogP contribution in [-0.4, -0.2) is 49.1 Å². The van der Waals surface area contributed by atoms with Gasteiger partial charge in [0.25, 0.3) is 0 Å². The number of halogens is 2. The largest absolute Gasteiger partial charge is 0.449 e. The van der Waals surface area contributed by atoms with Crippen LogP contribution in [0.5, 0.6) is 0 Å². The Balaban J connectivity index is 1.47. The number of nitrogens with zero attached hydrogens (tertiary/aromatic N) is 1. The molecule has 10 heteroatoms. The lowest BCUT2D eigenvalue weighted by molar-refractivity contribution is -0.125. The van der Waals surface area contributed by atoms with Crippen molar-refractivity contribution in [1.29, 1.82) is 5.26 Å². The summed E-state index contributed by atoms with van der Waals surface area (Å²) >= 11 is 0. The van der Waals surface area contributed by atoms with Crippen LogP contribution in [0.2, 0.25) is 0 Å². The minimum absolute atomic E-state index is 0.0390. The van der Waals surface area contributed by atoms with E-state index >= 15 is 0 Å². The Hall–Kier alpha value is -2.44. The van der Waals surface area contributed by atoms with Crippen LogP contribution in [-0.2, 0) is 14.3 Å². The summed E-state index contributed by atoms with van der Waals surface area (Å²) in [5.41, 5.74) is 0. The van der Waals surface area contributed by atoms with Gasteiger partial charge in [-0.05, 0) is 43.9 Å². The molecule has 0 spiro atoms. The van der Waals surface area contributed by atoms with E-state index in [2.05, 4.69) is 16.0 Å². The van der Waals surface area contributed by atoms with Gasteiger partial charge in [0.1, 0.15) is 12.1 Å². The third-order valence-corrected chi connectivity index (χ3v) is 6.32. The SMILES string of the molecule is N#C[C@H](C[C@@H]1CCNC1=O)NC(=O)[C@H](CC1CC1)NC(=O)OCC1CCC(F)(F)CC1. The van der Waals surface area contributed by atoms with E-state index < -0.39 is 30.0 Å². The predicted octanol–water partition coefficient (Wildman–Crippen LogP) is 2.24. The van der Waals surface area contributed by atoms with Gasteiger partial charge in [-0.1, -0.05) is 12.8 Å². The monoisotopic (exact) mass is 440 g/mol. The molecule has 0 aromatic heterocycles. The van der Waals surface area contributed by atoms with Crippen molar-refractivity contribution in [3.05, 3.63) is 0 Å². The van der Waals surface area contributed by atoms with Crippen LogP contribution in [0.1, 0.15) is 57.8 Å². The second-order valence-corrected chi connectivity index (χ2v) is 8.98. The topological polar surface area (TPSA) is 120 Å². The maximum absolute atomic E-state index is 13.2. The lowest BCUT2D eigenvalue weighted by Crippen LogP contribution is -2.50.